The smallest absolute Gasteiger partial charge is 0.254 e. The summed E-state index contributed by atoms with van der Waals surface area (Å²) >= 11 is 1.44. The van der Waals surface area contributed by atoms with Gasteiger partial charge in [-0.3, -0.25) is 4.79 Å². The number of imidazole rings is 1. The van der Waals surface area contributed by atoms with Crippen molar-refractivity contribution in [1.82, 2.24) is 24.2 Å². The molecular formula is C18H22N6OS. The summed E-state index contributed by atoms with van der Waals surface area (Å²) in [5.41, 5.74) is 2.41. The second-order valence-electron chi connectivity index (χ2n) is 7.56. The lowest BCUT2D eigenvalue weighted by molar-refractivity contribution is 0.0747. The van der Waals surface area contributed by atoms with E-state index in [0.29, 0.717) is 18.7 Å². The number of hydrogen-bond donors (Lipinski definition) is 1. The maximum atomic E-state index is 12.8. The third-order valence-electron chi connectivity index (χ3n) is 4.59. The van der Waals surface area contributed by atoms with Gasteiger partial charge in [0.25, 0.3) is 5.91 Å². The molecule has 1 aliphatic heterocycles. The van der Waals surface area contributed by atoms with Gasteiger partial charge in [0.05, 0.1) is 17.4 Å². The molecule has 136 valence electrons. The number of piperazine rings is 1. The summed E-state index contributed by atoms with van der Waals surface area (Å²) in [6.45, 7) is 9.27. The van der Waals surface area contributed by atoms with Crippen molar-refractivity contribution in [2.75, 3.05) is 31.1 Å². The minimum atomic E-state index is -0.0438. The van der Waals surface area contributed by atoms with Gasteiger partial charge in [0, 0.05) is 48.7 Å². The molecule has 3 heterocycles. The molecule has 8 heteroatoms. The van der Waals surface area contributed by atoms with E-state index in [9.17, 15) is 4.79 Å². The summed E-state index contributed by atoms with van der Waals surface area (Å²) in [5, 5.41) is 0.945. The average molecular weight is 370 g/mol. The number of carbonyl (C=O) groups excluding carboxylic acids is 1. The quantitative estimate of drug-likeness (QED) is 0.750. The van der Waals surface area contributed by atoms with Gasteiger partial charge in [-0.2, -0.15) is 4.37 Å². The fourth-order valence-corrected chi connectivity index (χ4v) is 3.91. The molecule has 3 aromatic rings. The Morgan fingerprint density at radius 3 is 2.65 bits per heavy atom. The molecule has 1 fully saturated rings. The van der Waals surface area contributed by atoms with Crippen LogP contribution in [-0.4, -0.2) is 56.3 Å². The van der Waals surface area contributed by atoms with Crippen LogP contribution in [-0.2, 0) is 5.41 Å². The summed E-state index contributed by atoms with van der Waals surface area (Å²) in [6, 6.07) is 5.60. The van der Waals surface area contributed by atoms with Crippen LogP contribution in [0.5, 0.6) is 0 Å². The zero-order valence-electron chi connectivity index (χ0n) is 15.2. The van der Waals surface area contributed by atoms with E-state index in [2.05, 4.69) is 45.0 Å². The fraction of sp³-hybridized carbons (Fsp3) is 0.444. The number of H-pyrrole nitrogens is 1. The van der Waals surface area contributed by atoms with Gasteiger partial charge in [0.1, 0.15) is 5.82 Å². The highest BCUT2D eigenvalue weighted by Gasteiger charge is 2.26. The highest BCUT2D eigenvalue weighted by atomic mass is 32.1. The maximum Gasteiger partial charge on any atom is 0.254 e. The number of aromatic nitrogens is 4. The second-order valence-corrected chi connectivity index (χ2v) is 8.29. The number of carbonyl (C=O) groups is 1. The largest absolute Gasteiger partial charge is 0.345 e. The molecule has 1 saturated heterocycles. The molecule has 1 aliphatic rings. The molecule has 7 nitrogen and oxygen atoms in total. The van der Waals surface area contributed by atoms with E-state index in [1.807, 2.05) is 23.1 Å². The number of anilines is 1. The number of rotatable bonds is 2. The Bertz CT molecular complexity index is 932. The highest BCUT2D eigenvalue weighted by molar-refractivity contribution is 7.09. The van der Waals surface area contributed by atoms with E-state index in [-0.39, 0.29) is 11.3 Å². The van der Waals surface area contributed by atoms with Crippen molar-refractivity contribution in [1.29, 1.82) is 0 Å². The van der Waals surface area contributed by atoms with Gasteiger partial charge < -0.3 is 14.8 Å². The Balaban J connectivity index is 1.42. The number of benzene rings is 1. The number of fused-ring (bicyclic) bond motifs is 1. The number of amides is 1. The van der Waals surface area contributed by atoms with Crippen molar-refractivity contribution in [3.63, 3.8) is 0 Å². The van der Waals surface area contributed by atoms with E-state index in [0.717, 1.165) is 35.1 Å². The van der Waals surface area contributed by atoms with Crippen LogP contribution in [0.25, 0.3) is 11.0 Å². The first-order valence-corrected chi connectivity index (χ1v) is 9.51. The standard InChI is InChI=1S/C18H22N6OS/c1-18(2,3)16-21-17(26-22-16)24-8-6-23(7-9-24)15(25)12-4-5-13-14(10-12)20-11-19-13/h4-5,10-11H,6-9H2,1-3H3,(H,19,20). The summed E-state index contributed by atoms with van der Waals surface area (Å²) < 4.78 is 4.49. The Labute approximate surface area is 156 Å². The number of nitrogens with one attached hydrogen (secondary N) is 1. The lowest BCUT2D eigenvalue weighted by Gasteiger charge is -2.34. The van der Waals surface area contributed by atoms with E-state index in [1.54, 1.807) is 6.33 Å². The topological polar surface area (TPSA) is 78.0 Å². The van der Waals surface area contributed by atoms with Crippen molar-refractivity contribution >= 4 is 33.6 Å². The third-order valence-corrected chi connectivity index (χ3v) is 5.37. The molecule has 0 unspecified atom stereocenters. The Morgan fingerprint density at radius 1 is 1.19 bits per heavy atom. The van der Waals surface area contributed by atoms with E-state index < -0.39 is 0 Å². The van der Waals surface area contributed by atoms with Crippen molar-refractivity contribution in [2.45, 2.75) is 26.2 Å². The predicted molar refractivity (Wildman–Crippen MR) is 103 cm³/mol. The van der Waals surface area contributed by atoms with E-state index in [4.69, 9.17) is 0 Å². The molecule has 0 atom stereocenters. The summed E-state index contributed by atoms with van der Waals surface area (Å²) in [5.74, 6) is 0.942. The predicted octanol–water partition coefficient (Wildman–Crippen LogP) is 2.67. The van der Waals surface area contributed by atoms with Crippen molar-refractivity contribution < 1.29 is 4.79 Å². The summed E-state index contributed by atoms with van der Waals surface area (Å²) in [4.78, 5) is 28.8. The fourth-order valence-electron chi connectivity index (χ4n) is 3.00. The maximum absolute atomic E-state index is 12.8. The van der Waals surface area contributed by atoms with Crippen molar-refractivity contribution in [3.8, 4) is 0 Å². The van der Waals surface area contributed by atoms with Gasteiger partial charge in [-0.05, 0) is 18.2 Å². The first-order chi connectivity index (χ1) is 12.4. The number of nitrogens with zero attached hydrogens (tertiary/aromatic N) is 5. The van der Waals surface area contributed by atoms with Crippen LogP contribution in [0.3, 0.4) is 0 Å². The Morgan fingerprint density at radius 2 is 1.96 bits per heavy atom. The van der Waals surface area contributed by atoms with Crippen LogP contribution in [0.1, 0.15) is 37.0 Å². The molecule has 0 bridgehead atoms. The second kappa shape index (κ2) is 6.35. The Kier molecular flexibility index (Phi) is 4.14. The zero-order chi connectivity index (χ0) is 18.3. The molecule has 26 heavy (non-hydrogen) atoms. The minimum Gasteiger partial charge on any atom is -0.345 e. The van der Waals surface area contributed by atoms with Gasteiger partial charge >= 0.3 is 0 Å². The van der Waals surface area contributed by atoms with E-state index >= 15 is 0 Å². The van der Waals surface area contributed by atoms with E-state index in [1.165, 1.54) is 11.5 Å². The molecule has 0 spiro atoms. The summed E-state index contributed by atoms with van der Waals surface area (Å²) in [7, 11) is 0. The van der Waals surface area contributed by atoms with Crippen LogP contribution < -0.4 is 4.90 Å². The van der Waals surface area contributed by atoms with Gasteiger partial charge in [-0.1, -0.05) is 20.8 Å². The van der Waals surface area contributed by atoms with Gasteiger partial charge in [0.15, 0.2) is 0 Å². The van der Waals surface area contributed by atoms with Crippen molar-refractivity contribution in [3.05, 3.63) is 35.9 Å². The van der Waals surface area contributed by atoms with Crippen molar-refractivity contribution in [2.24, 2.45) is 0 Å². The molecule has 0 radical (unpaired) electrons. The van der Waals surface area contributed by atoms with Gasteiger partial charge in [-0.15, -0.1) is 0 Å². The molecule has 0 aliphatic carbocycles. The SMILES string of the molecule is CC(C)(C)c1nsc(N2CCN(C(=O)c3ccc4nc[nH]c4c3)CC2)n1. The van der Waals surface area contributed by atoms with Crippen LogP contribution in [0.2, 0.25) is 0 Å². The number of hydrogen-bond acceptors (Lipinski definition) is 6. The lowest BCUT2D eigenvalue weighted by Crippen LogP contribution is -2.48. The van der Waals surface area contributed by atoms with Crippen LogP contribution >= 0.6 is 11.5 Å². The number of aromatic amines is 1. The molecular weight excluding hydrogens is 348 g/mol. The average Bonchev–Trinajstić information content (AvgIpc) is 3.29. The summed E-state index contributed by atoms with van der Waals surface area (Å²) in [6.07, 6.45) is 1.64. The van der Waals surface area contributed by atoms with Gasteiger partial charge in [-0.25, -0.2) is 9.97 Å². The minimum absolute atomic E-state index is 0.0438. The monoisotopic (exact) mass is 370 g/mol. The lowest BCUT2D eigenvalue weighted by atomic mass is 9.96. The first kappa shape index (κ1) is 17.0. The molecule has 1 amide bonds. The Hall–Kier alpha value is -2.48. The van der Waals surface area contributed by atoms with Crippen LogP contribution in [0.4, 0.5) is 5.13 Å². The molecule has 0 saturated carbocycles. The highest BCUT2D eigenvalue weighted by Crippen LogP contribution is 2.26. The molecule has 4 rings (SSSR count). The molecule has 1 N–H and O–H groups in total. The molecule has 1 aromatic carbocycles. The van der Waals surface area contributed by atoms with Gasteiger partial charge in [0.2, 0.25) is 5.13 Å². The van der Waals surface area contributed by atoms with Crippen LogP contribution in [0, 0.1) is 0 Å². The first-order valence-electron chi connectivity index (χ1n) is 8.73. The third kappa shape index (κ3) is 3.16. The zero-order valence-corrected chi connectivity index (χ0v) is 16.0. The van der Waals surface area contributed by atoms with Crippen LogP contribution in [0.15, 0.2) is 24.5 Å². The molecule has 2 aromatic heterocycles. The normalized spacial score (nSPS) is 15.7.